The van der Waals surface area contributed by atoms with Crippen LogP contribution in [0.15, 0.2) is 12.2 Å². The van der Waals surface area contributed by atoms with Gasteiger partial charge in [0.25, 0.3) is 0 Å². The van der Waals surface area contributed by atoms with Gasteiger partial charge < -0.3 is 4.48 Å². The van der Waals surface area contributed by atoms with E-state index in [4.69, 9.17) is 0 Å². The van der Waals surface area contributed by atoms with Crippen LogP contribution in [-0.4, -0.2) is 55.2 Å². The van der Waals surface area contributed by atoms with E-state index in [-0.39, 0.29) is 0 Å². The summed E-state index contributed by atoms with van der Waals surface area (Å²) in [4.78, 5) is 2.59. The lowest BCUT2D eigenvalue weighted by Gasteiger charge is -2.51. The molecule has 0 aromatic rings. The van der Waals surface area contributed by atoms with Crippen molar-refractivity contribution in [2.45, 2.75) is 0 Å². The Labute approximate surface area is 99.5 Å². The van der Waals surface area contributed by atoms with E-state index in [1.807, 2.05) is 0 Å². The molecule has 1 saturated carbocycles. The monoisotopic (exact) mass is 216 g/mol. The highest BCUT2D eigenvalue weighted by molar-refractivity contribution is 5.46. The van der Waals surface area contributed by atoms with Crippen LogP contribution in [0.2, 0.25) is 0 Å². The number of hydrogen-bond donors (Lipinski definition) is 0. The Hall–Kier alpha value is -0.340. The molecule has 3 saturated heterocycles. The van der Waals surface area contributed by atoms with Crippen molar-refractivity contribution >= 4 is 0 Å². The predicted octanol–water partition coefficient (Wildman–Crippen LogP) is 1.09. The molecule has 2 heteroatoms. The fraction of sp³-hybridized carbons (Fsp3) is 0.500. The van der Waals surface area contributed by atoms with E-state index in [1.54, 1.807) is 0 Å². The number of rotatable bonds is 3. The molecular formula is C14H20N2+. The third-order valence-corrected chi connectivity index (χ3v) is 4.27. The minimum absolute atomic E-state index is 1.15. The van der Waals surface area contributed by atoms with Gasteiger partial charge in [-0.2, -0.15) is 0 Å². The van der Waals surface area contributed by atoms with Crippen molar-refractivity contribution in [3.05, 3.63) is 43.8 Å². The Balaban J connectivity index is 1.62. The molecule has 16 heavy (non-hydrogen) atoms. The Morgan fingerprint density at radius 3 is 2.25 bits per heavy atom. The Morgan fingerprint density at radius 1 is 1.12 bits per heavy atom. The zero-order chi connectivity index (χ0) is 11.0. The lowest BCUT2D eigenvalue weighted by molar-refractivity contribution is -0.936. The SMILES string of the molecule is C=C(C[N+]12CCN(CC1)CC2)[C]1[CH][CH][CH][CH]1. The van der Waals surface area contributed by atoms with Crippen molar-refractivity contribution in [2.75, 3.05) is 45.8 Å². The summed E-state index contributed by atoms with van der Waals surface area (Å²) in [7, 11) is 0. The minimum atomic E-state index is 1.15. The lowest BCUT2D eigenvalue weighted by atomic mass is 9.96. The largest absolute Gasteiger partial charge is 0.317 e. The molecule has 0 N–H and O–H groups in total. The molecule has 0 aromatic carbocycles. The minimum Gasteiger partial charge on any atom is -0.317 e. The second-order valence-corrected chi connectivity index (χ2v) is 5.29. The Bertz CT molecular complexity index is 257. The molecule has 4 rings (SSSR count). The van der Waals surface area contributed by atoms with Crippen molar-refractivity contribution in [1.82, 2.24) is 4.90 Å². The molecule has 85 valence electrons. The van der Waals surface area contributed by atoms with Crippen molar-refractivity contribution < 1.29 is 4.48 Å². The smallest absolute Gasteiger partial charge is 0.101 e. The Morgan fingerprint density at radius 2 is 1.69 bits per heavy atom. The van der Waals surface area contributed by atoms with E-state index in [2.05, 4.69) is 37.2 Å². The van der Waals surface area contributed by atoms with Crippen LogP contribution in [0.4, 0.5) is 0 Å². The van der Waals surface area contributed by atoms with Gasteiger partial charge in [0.15, 0.2) is 0 Å². The van der Waals surface area contributed by atoms with E-state index in [0.29, 0.717) is 0 Å². The molecule has 1 aliphatic carbocycles. The second kappa shape index (κ2) is 4.15. The molecule has 0 amide bonds. The normalized spacial score (nSPS) is 39.1. The molecule has 4 aliphatic rings. The van der Waals surface area contributed by atoms with E-state index in [9.17, 15) is 0 Å². The molecule has 0 aromatic heterocycles. The standard InChI is InChI=1S/C14H20N2/c1-13(14-4-2-3-5-14)12-16-9-6-15(7-10-16)8-11-16/h2-5H,1,6-12H2/q+1. The highest BCUT2D eigenvalue weighted by Crippen LogP contribution is 2.32. The van der Waals surface area contributed by atoms with Crippen LogP contribution in [0.3, 0.4) is 0 Å². The average molecular weight is 216 g/mol. The summed E-state index contributed by atoms with van der Waals surface area (Å²) in [5.41, 5.74) is 1.32. The van der Waals surface area contributed by atoms with Gasteiger partial charge in [-0.25, -0.2) is 0 Å². The summed E-state index contributed by atoms with van der Waals surface area (Å²) in [5, 5.41) is 0. The van der Waals surface area contributed by atoms with Crippen LogP contribution in [0.25, 0.3) is 0 Å². The maximum atomic E-state index is 4.27. The van der Waals surface area contributed by atoms with Gasteiger partial charge in [-0.15, -0.1) is 0 Å². The molecule has 2 bridgehead atoms. The summed E-state index contributed by atoms with van der Waals surface area (Å²) < 4.78 is 1.28. The Kier molecular flexibility index (Phi) is 2.80. The molecule has 0 unspecified atom stereocenters. The summed E-state index contributed by atoms with van der Waals surface area (Å²) >= 11 is 0. The maximum Gasteiger partial charge on any atom is 0.101 e. The zero-order valence-corrected chi connectivity index (χ0v) is 9.86. The lowest BCUT2D eigenvalue weighted by Crippen LogP contribution is -2.67. The van der Waals surface area contributed by atoms with Gasteiger partial charge in [0.1, 0.15) is 6.54 Å². The zero-order valence-electron chi connectivity index (χ0n) is 9.86. The van der Waals surface area contributed by atoms with E-state index < -0.39 is 0 Å². The quantitative estimate of drug-likeness (QED) is 0.638. The van der Waals surface area contributed by atoms with Crippen molar-refractivity contribution in [3.63, 3.8) is 0 Å². The molecule has 5 radical (unpaired) electrons. The van der Waals surface area contributed by atoms with Gasteiger partial charge >= 0.3 is 0 Å². The number of fused-ring (bicyclic) bond motifs is 3. The van der Waals surface area contributed by atoms with Crippen LogP contribution >= 0.6 is 0 Å². The predicted molar refractivity (Wildman–Crippen MR) is 65.8 cm³/mol. The number of piperazine rings is 3. The number of nitrogens with zero attached hydrogens (tertiary/aromatic N) is 2. The number of hydrogen-bond acceptors (Lipinski definition) is 1. The molecule has 0 spiro atoms. The van der Waals surface area contributed by atoms with E-state index in [1.165, 1.54) is 55.2 Å². The third-order valence-electron chi connectivity index (χ3n) is 4.27. The summed E-state index contributed by atoms with van der Waals surface area (Å²) in [6.07, 6.45) is 8.57. The van der Waals surface area contributed by atoms with Gasteiger partial charge in [-0.3, -0.25) is 4.90 Å². The van der Waals surface area contributed by atoms with Crippen LogP contribution in [-0.2, 0) is 0 Å². The number of quaternary nitrogens is 1. The molecular weight excluding hydrogens is 196 g/mol. The first-order chi connectivity index (χ1) is 7.77. The maximum absolute atomic E-state index is 4.27. The molecule has 3 heterocycles. The second-order valence-electron chi connectivity index (χ2n) is 5.29. The average Bonchev–Trinajstić information content (AvgIpc) is 2.84. The molecule has 2 nitrogen and oxygen atoms in total. The van der Waals surface area contributed by atoms with Crippen molar-refractivity contribution in [1.29, 1.82) is 0 Å². The van der Waals surface area contributed by atoms with Crippen LogP contribution in [0.5, 0.6) is 0 Å². The van der Waals surface area contributed by atoms with Crippen molar-refractivity contribution in [3.8, 4) is 0 Å². The summed E-state index contributed by atoms with van der Waals surface area (Å²) in [5.74, 6) is 1.33. The highest BCUT2D eigenvalue weighted by atomic mass is 15.4. The molecule has 0 atom stereocenters. The van der Waals surface area contributed by atoms with E-state index >= 15 is 0 Å². The highest BCUT2D eigenvalue weighted by Gasteiger charge is 2.39. The molecule has 3 aliphatic heterocycles. The summed E-state index contributed by atoms with van der Waals surface area (Å²) in [6, 6.07) is 0. The van der Waals surface area contributed by atoms with Gasteiger partial charge in [0.05, 0.1) is 19.6 Å². The first-order valence-electron chi connectivity index (χ1n) is 6.25. The summed E-state index contributed by atoms with van der Waals surface area (Å²) in [6.45, 7) is 13.2. The first-order valence-corrected chi connectivity index (χ1v) is 6.25. The first kappa shape index (κ1) is 10.8. The van der Waals surface area contributed by atoms with Gasteiger partial charge in [-0.05, 0) is 31.3 Å². The van der Waals surface area contributed by atoms with Gasteiger partial charge in [-0.1, -0.05) is 6.58 Å². The van der Waals surface area contributed by atoms with Crippen LogP contribution < -0.4 is 0 Å². The third kappa shape index (κ3) is 1.93. The molecule has 4 fully saturated rings. The van der Waals surface area contributed by atoms with Crippen molar-refractivity contribution in [2.24, 2.45) is 0 Å². The fourth-order valence-electron chi connectivity index (χ4n) is 3.07. The van der Waals surface area contributed by atoms with Crippen LogP contribution in [0.1, 0.15) is 0 Å². The van der Waals surface area contributed by atoms with Gasteiger partial charge in [0.2, 0.25) is 0 Å². The topological polar surface area (TPSA) is 3.24 Å². The fourth-order valence-corrected chi connectivity index (χ4v) is 3.07. The van der Waals surface area contributed by atoms with Crippen LogP contribution in [0, 0.1) is 31.6 Å². The van der Waals surface area contributed by atoms with E-state index in [0.717, 1.165) is 6.54 Å². The van der Waals surface area contributed by atoms with Gasteiger partial charge in [0, 0.05) is 25.6 Å².